The number of hydrogen-bond acceptors (Lipinski definition) is 3. The second kappa shape index (κ2) is 7.32. The molecule has 4 aliphatic carbocycles. The van der Waals surface area contributed by atoms with Crippen LogP contribution in [0.2, 0.25) is 0 Å². The first kappa shape index (κ1) is 17.6. The highest BCUT2D eigenvalue weighted by atomic mass is 16.5. The first-order chi connectivity index (χ1) is 11.4. The van der Waals surface area contributed by atoms with Crippen molar-refractivity contribution in [3.8, 4) is 0 Å². The molecule has 0 aromatic carbocycles. The summed E-state index contributed by atoms with van der Waals surface area (Å²) in [5.74, 6) is 3.11. The number of hydrogen-bond donors (Lipinski definition) is 2. The van der Waals surface area contributed by atoms with Gasteiger partial charge in [-0.25, -0.2) is 4.79 Å². The molecule has 2 N–H and O–H groups in total. The topological polar surface area (TPSA) is 67.4 Å². The summed E-state index contributed by atoms with van der Waals surface area (Å²) >= 11 is 0. The zero-order chi connectivity index (χ0) is 17.2. The fourth-order valence-electron chi connectivity index (χ4n) is 5.57. The molecule has 0 atom stereocenters. The molecule has 0 aromatic heterocycles. The fraction of sp³-hybridized carbons (Fsp3) is 0.895. The van der Waals surface area contributed by atoms with Crippen LogP contribution >= 0.6 is 0 Å². The molecule has 4 aliphatic rings. The van der Waals surface area contributed by atoms with E-state index in [1.807, 2.05) is 13.8 Å². The monoisotopic (exact) mass is 336 g/mol. The maximum Gasteiger partial charge on any atom is 0.407 e. The Morgan fingerprint density at radius 3 is 2.08 bits per heavy atom. The number of rotatable bonds is 7. The maximum absolute atomic E-state index is 12.3. The van der Waals surface area contributed by atoms with Crippen molar-refractivity contribution < 1.29 is 14.3 Å². The lowest BCUT2D eigenvalue weighted by atomic mass is 9.49. The van der Waals surface area contributed by atoms with Gasteiger partial charge >= 0.3 is 6.09 Å². The zero-order valence-electron chi connectivity index (χ0n) is 15.1. The summed E-state index contributed by atoms with van der Waals surface area (Å²) in [6, 6.07) is 0. The van der Waals surface area contributed by atoms with Gasteiger partial charge in [-0.05, 0) is 67.6 Å². The van der Waals surface area contributed by atoms with Gasteiger partial charge in [0.2, 0.25) is 5.91 Å². The number of ether oxygens (including phenoxy) is 1. The third kappa shape index (κ3) is 4.42. The number of carbonyl (C=O) groups is 2. The van der Waals surface area contributed by atoms with E-state index in [1.54, 1.807) is 0 Å². The van der Waals surface area contributed by atoms with E-state index >= 15 is 0 Å². The van der Waals surface area contributed by atoms with Crippen molar-refractivity contribution in [2.24, 2.45) is 29.1 Å². The van der Waals surface area contributed by atoms with E-state index in [0.29, 0.717) is 32.0 Å². The van der Waals surface area contributed by atoms with Crippen molar-refractivity contribution in [1.29, 1.82) is 0 Å². The quantitative estimate of drug-likeness (QED) is 0.702. The molecule has 4 rings (SSSR count). The van der Waals surface area contributed by atoms with E-state index in [2.05, 4.69) is 10.6 Å². The molecule has 0 spiro atoms. The third-order valence-electron chi connectivity index (χ3n) is 5.96. The van der Waals surface area contributed by atoms with E-state index in [-0.39, 0.29) is 11.3 Å². The molecule has 5 nitrogen and oxygen atoms in total. The molecule has 4 fully saturated rings. The van der Waals surface area contributed by atoms with Crippen LogP contribution in [0.3, 0.4) is 0 Å². The Morgan fingerprint density at radius 1 is 1.00 bits per heavy atom. The molecule has 5 heteroatoms. The van der Waals surface area contributed by atoms with Crippen molar-refractivity contribution in [1.82, 2.24) is 10.6 Å². The summed E-state index contributed by atoms with van der Waals surface area (Å²) in [5.41, 5.74) is 0.280. The van der Waals surface area contributed by atoms with Crippen LogP contribution < -0.4 is 10.6 Å². The minimum atomic E-state index is -0.404. The van der Waals surface area contributed by atoms with E-state index in [4.69, 9.17) is 4.74 Å². The third-order valence-corrected chi connectivity index (χ3v) is 5.96. The highest BCUT2D eigenvalue weighted by molar-refractivity contribution is 5.76. The first-order valence-corrected chi connectivity index (χ1v) is 9.61. The summed E-state index contributed by atoms with van der Waals surface area (Å²) in [6.45, 7) is 5.31. The SMILES string of the molecule is CC(C)COC(=O)NCCNC(=O)CC12CC3CC(CC(C3)C1)C2. The van der Waals surface area contributed by atoms with Gasteiger partial charge in [0, 0.05) is 19.5 Å². The molecule has 0 aliphatic heterocycles. The lowest BCUT2D eigenvalue weighted by Gasteiger charge is -2.56. The Hall–Kier alpha value is -1.26. The molecular formula is C19H32N2O3. The molecule has 0 aromatic rings. The van der Waals surface area contributed by atoms with Crippen LogP contribution in [0.15, 0.2) is 0 Å². The predicted molar refractivity (Wildman–Crippen MR) is 92.4 cm³/mol. The van der Waals surface area contributed by atoms with E-state index < -0.39 is 6.09 Å². The Balaban J connectivity index is 1.34. The van der Waals surface area contributed by atoms with Crippen molar-refractivity contribution >= 4 is 12.0 Å². The van der Waals surface area contributed by atoms with Gasteiger partial charge in [0.25, 0.3) is 0 Å². The van der Waals surface area contributed by atoms with Crippen molar-refractivity contribution in [3.05, 3.63) is 0 Å². The second-order valence-corrected chi connectivity index (χ2v) is 8.86. The van der Waals surface area contributed by atoms with Crippen LogP contribution in [0.25, 0.3) is 0 Å². The predicted octanol–water partition coefficient (Wildman–Crippen LogP) is 3.09. The number of alkyl carbamates (subject to hydrolysis) is 1. The average Bonchev–Trinajstić information content (AvgIpc) is 2.47. The van der Waals surface area contributed by atoms with Gasteiger partial charge in [0.1, 0.15) is 0 Å². The fourth-order valence-corrected chi connectivity index (χ4v) is 5.57. The average molecular weight is 336 g/mol. The highest BCUT2D eigenvalue weighted by Crippen LogP contribution is 2.61. The van der Waals surface area contributed by atoms with Gasteiger partial charge in [-0.1, -0.05) is 13.8 Å². The van der Waals surface area contributed by atoms with Gasteiger partial charge in [-0.3, -0.25) is 4.79 Å². The van der Waals surface area contributed by atoms with Gasteiger partial charge in [-0.15, -0.1) is 0 Å². The lowest BCUT2D eigenvalue weighted by Crippen LogP contribution is -2.48. The number of amides is 2. The standard InChI is InChI=1S/C19H32N2O3/c1-13(2)12-24-18(23)21-4-3-20-17(22)11-19-8-14-5-15(9-19)7-16(6-14)10-19/h13-16H,3-12H2,1-2H3,(H,20,22)(H,21,23). The van der Waals surface area contributed by atoms with Gasteiger partial charge in [-0.2, -0.15) is 0 Å². The smallest absolute Gasteiger partial charge is 0.407 e. The lowest BCUT2D eigenvalue weighted by molar-refractivity contribution is -0.129. The van der Waals surface area contributed by atoms with Crippen molar-refractivity contribution in [2.75, 3.05) is 19.7 Å². The second-order valence-electron chi connectivity index (χ2n) is 8.86. The Bertz CT molecular complexity index is 440. The minimum absolute atomic E-state index is 0.147. The molecule has 0 heterocycles. The molecule has 0 radical (unpaired) electrons. The van der Waals surface area contributed by atoms with Crippen molar-refractivity contribution in [2.45, 2.75) is 58.8 Å². The Labute approximate surface area is 145 Å². The summed E-state index contributed by atoms with van der Waals surface area (Å²) in [6.07, 6.45) is 8.26. The van der Waals surface area contributed by atoms with Gasteiger partial charge < -0.3 is 15.4 Å². The molecule has 136 valence electrons. The van der Waals surface area contributed by atoms with Crippen LogP contribution in [0.4, 0.5) is 4.79 Å². The molecule has 0 unspecified atom stereocenters. The summed E-state index contributed by atoms with van der Waals surface area (Å²) < 4.78 is 5.04. The summed E-state index contributed by atoms with van der Waals surface area (Å²) in [7, 11) is 0. The molecule has 4 saturated carbocycles. The Morgan fingerprint density at radius 2 is 1.54 bits per heavy atom. The van der Waals surface area contributed by atoms with Crippen molar-refractivity contribution in [3.63, 3.8) is 0 Å². The molecule has 4 bridgehead atoms. The summed E-state index contributed by atoms with van der Waals surface area (Å²) in [5, 5.41) is 5.65. The zero-order valence-corrected chi connectivity index (χ0v) is 15.1. The van der Waals surface area contributed by atoms with Crippen LogP contribution in [-0.2, 0) is 9.53 Å². The van der Waals surface area contributed by atoms with E-state index in [0.717, 1.165) is 17.8 Å². The van der Waals surface area contributed by atoms with E-state index in [1.165, 1.54) is 38.5 Å². The van der Waals surface area contributed by atoms with Gasteiger partial charge in [0.15, 0.2) is 0 Å². The molecule has 24 heavy (non-hydrogen) atoms. The number of carbonyl (C=O) groups excluding carboxylic acids is 2. The van der Waals surface area contributed by atoms with Crippen LogP contribution in [0.1, 0.15) is 58.8 Å². The molecule has 0 saturated heterocycles. The van der Waals surface area contributed by atoms with Gasteiger partial charge in [0.05, 0.1) is 6.61 Å². The largest absolute Gasteiger partial charge is 0.449 e. The number of nitrogens with one attached hydrogen (secondary N) is 2. The van der Waals surface area contributed by atoms with Crippen LogP contribution in [0.5, 0.6) is 0 Å². The van der Waals surface area contributed by atoms with Crippen LogP contribution in [0, 0.1) is 29.1 Å². The highest BCUT2D eigenvalue weighted by Gasteiger charge is 2.51. The first-order valence-electron chi connectivity index (χ1n) is 9.61. The molecular weight excluding hydrogens is 304 g/mol. The molecule has 2 amide bonds. The minimum Gasteiger partial charge on any atom is -0.449 e. The van der Waals surface area contributed by atoms with E-state index in [9.17, 15) is 9.59 Å². The Kier molecular flexibility index (Phi) is 5.36. The maximum atomic E-state index is 12.3. The summed E-state index contributed by atoms with van der Waals surface area (Å²) in [4.78, 5) is 23.8. The normalized spacial score (nSPS) is 33.5. The van der Waals surface area contributed by atoms with Crippen LogP contribution in [-0.4, -0.2) is 31.7 Å².